The van der Waals surface area contributed by atoms with E-state index in [1.165, 1.54) is 18.4 Å². The van der Waals surface area contributed by atoms with Gasteiger partial charge in [-0.25, -0.2) is 0 Å². The van der Waals surface area contributed by atoms with E-state index in [1.54, 1.807) is 0 Å². The van der Waals surface area contributed by atoms with Crippen molar-refractivity contribution in [3.05, 3.63) is 29.8 Å². The molecule has 2 N–H and O–H groups in total. The normalized spacial score (nSPS) is 18.2. The maximum Gasteiger partial charge on any atom is 0.0839 e. The summed E-state index contributed by atoms with van der Waals surface area (Å²) >= 11 is 0. The Balaban J connectivity index is 1.78. The molecule has 1 aromatic carbocycles. The molecule has 20 heavy (non-hydrogen) atoms. The first-order valence-corrected chi connectivity index (χ1v) is 7.70. The molecule has 1 saturated heterocycles. The van der Waals surface area contributed by atoms with Gasteiger partial charge in [-0.1, -0.05) is 32.9 Å². The lowest BCUT2D eigenvalue weighted by molar-refractivity contribution is 0.135. The van der Waals surface area contributed by atoms with E-state index in [2.05, 4.69) is 55.3 Å². The van der Waals surface area contributed by atoms with Gasteiger partial charge in [0.1, 0.15) is 0 Å². The van der Waals surface area contributed by atoms with Crippen LogP contribution in [-0.2, 0) is 5.41 Å². The number of β-amino-alcohol motifs (C(OH)–C–C–N with tert-alkyl or cyclic N) is 1. The number of benzene rings is 1. The maximum absolute atomic E-state index is 10.1. The second-order valence-electron chi connectivity index (χ2n) is 6.87. The highest BCUT2D eigenvalue weighted by Crippen LogP contribution is 2.23. The van der Waals surface area contributed by atoms with Gasteiger partial charge in [0.05, 0.1) is 6.10 Å². The molecular formula is C17H28N2O. The summed E-state index contributed by atoms with van der Waals surface area (Å²) in [7, 11) is 0. The quantitative estimate of drug-likeness (QED) is 0.868. The summed E-state index contributed by atoms with van der Waals surface area (Å²) in [5.41, 5.74) is 2.60. The van der Waals surface area contributed by atoms with Crippen LogP contribution >= 0.6 is 0 Å². The first-order chi connectivity index (χ1) is 9.45. The molecule has 3 nitrogen and oxygen atoms in total. The third-order valence-electron chi connectivity index (χ3n) is 3.96. The van der Waals surface area contributed by atoms with Gasteiger partial charge in [-0.2, -0.15) is 0 Å². The van der Waals surface area contributed by atoms with Gasteiger partial charge in [-0.3, -0.25) is 0 Å². The minimum absolute atomic E-state index is 0.188. The van der Waals surface area contributed by atoms with Crippen LogP contribution in [0.4, 0.5) is 5.69 Å². The van der Waals surface area contributed by atoms with Crippen LogP contribution in [0.15, 0.2) is 24.3 Å². The van der Waals surface area contributed by atoms with Crippen LogP contribution in [0, 0.1) is 0 Å². The van der Waals surface area contributed by atoms with Crippen molar-refractivity contribution in [2.75, 3.05) is 31.5 Å². The molecule has 1 aromatic rings. The molecule has 1 fully saturated rings. The van der Waals surface area contributed by atoms with Crippen LogP contribution in [0.2, 0.25) is 0 Å². The predicted molar refractivity (Wildman–Crippen MR) is 85.3 cm³/mol. The number of anilines is 1. The number of likely N-dealkylation sites (tertiary alicyclic amines) is 1. The van der Waals surface area contributed by atoms with E-state index in [-0.39, 0.29) is 11.5 Å². The predicted octanol–water partition coefficient (Wildman–Crippen LogP) is 2.85. The van der Waals surface area contributed by atoms with E-state index >= 15 is 0 Å². The van der Waals surface area contributed by atoms with E-state index in [4.69, 9.17) is 0 Å². The van der Waals surface area contributed by atoms with Crippen molar-refractivity contribution in [3.63, 3.8) is 0 Å². The number of hydrogen-bond acceptors (Lipinski definition) is 3. The van der Waals surface area contributed by atoms with Crippen LogP contribution in [-0.4, -0.2) is 42.3 Å². The minimum Gasteiger partial charge on any atom is -0.390 e. The second kappa shape index (κ2) is 6.59. The fourth-order valence-corrected chi connectivity index (χ4v) is 2.65. The van der Waals surface area contributed by atoms with Crippen LogP contribution in [0.5, 0.6) is 0 Å². The number of rotatable bonds is 5. The molecule has 3 heteroatoms. The lowest BCUT2D eigenvalue weighted by Gasteiger charge is -2.21. The van der Waals surface area contributed by atoms with Crippen molar-refractivity contribution >= 4 is 5.69 Å². The Hall–Kier alpha value is -1.06. The number of aliphatic hydroxyl groups excluding tert-OH is 1. The highest BCUT2D eigenvalue weighted by Gasteiger charge is 2.16. The van der Waals surface area contributed by atoms with Crippen LogP contribution < -0.4 is 5.32 Å². The van der Waals surface area contributed by atoms with E-state index in [0.29, 0.717) is 6.54 Å². The Morgan fingerprint density at radius 2 is 1.75 bits per heavy atom. The Morgan fingerprint density at radius 1 is 1.15 bits per heavy atom. The molecule has 0 aromatic heterocycles. The molecule has 0 radical (unpaired) electrons. The summed E-state index contributed by atoms with van der Waals surface area (Å²) in [6, 6.07) is 8.52. The van der Waals surface area contributed by atoms with E-state index in [1.807, 2.05) is 0 Å². The minimum atomic E-state index is -0.296. The van der Waals surface area contributed by atoms with E-state index in [0.717, 1.165) is 25.3 Å². The highest BCUT2D eigenvalue weighted by atomic mass is 16.3. The van der Waals surface area contributed by atoms with Gasteiger partial charge in [0, 0.05) is 18.8 Å². The maximum atomic E-state index is 10.1. The zero-order chi connectivity index (χ0) is 14.6. The molecule has 0 aliphatic carbocycles. The molecule has 1 aliphatic heterocycles. The number of nitrogens with zero attached hydrogens (tertiary/aromatic N) is 1. The second-order valence-corrected chi connectivity index (χ2v) is 6.87. The van der Waals surface area contributed by atoms with Gasteiger partial charge in [0.25, 0.3) is 0 Å². The number of aliphatic hydroxyl groups is 1. The number of nitrogens with one attached hydrogen (secondary N) is 1. The number of hydrogen-bond donors (Lipinski definition) is 2. The van der Waals surface area contributed by atoms with Crippen molar-refractivity contribution in [3.8, 4) is 0 Å². The molecule has 2 rings (SSSR count). The largest absolute Gasteiger partial charge is 0.390 e. The molecule has 1 atom stereocenters. The van der Waals surface area contributed by atoms with Gasteiger partial charge in [-0.15, -0.1) is 0 Å². The lowest BCUT2D eigenvalue weighted by Crippen LogP contribution is -2.34. The van der Waals surface area contributed by atoms with Gasteiger partial charge >= 0.3 is 0 Å². The summed E-state index contributed by atoms with van der Waals surface area (Å²) in [5, 5.41) is 13.4. The molecule has 112 valence electrons. The van der Waals surface area contributed by atoms with Gasteiger partial charge in [0.15, 0.2) is 0 Å². The van der Waals surface area contributed by atoms with Gasteiger partial charge in [-0.05, 0) is 49.0 Å². The third kappa shape index (κ3) is 4.50. The lowest BCUT2D eigenvalue weighted by atomic mass is 9.87. The summed E-state index contributed by atoms with van der Waals surface area (Å²) in [4.78, 5) is 2.34. The summed E-state index contributed by atoms with van der Waals surface area (Å²) in [6.07, 6.45) is 2.25. The Labute approximate surface area is 123 Å². The molecule has 0 saturated carbocycles. The van der Waals surface area contributed by atoms with Crippen molar-refractivity contribution in [1.29, 1.82) is 0 Å². The molecule has 1 unspecified atom stereocenters. The fraction of sp³-hybridized carbons (Fsp3) is 0.647. The Kier molecular flexibility index (Phi) is 5.06. The first-order valence-electron chi connectivity index (χ1n) is 7.70. The third-order valence-corrected chi connectivity index (χ3v) is 3.96. The summed E-state index contributed by atoms with van der Waals surface area (Å²) in [5.74, 6) is 0. The van der Waals surface area contributed by atoms with Gasteiger partial charge in [0.2, 0.25) is 0 Å². The SMILES string of the molecule is CC(C)(C)c1ccc(NCC(O)CN2CCCC2)cc1. The monoisotopic (exact) mass is 276 g/mol. The molecule has 0 bridgehead atoms. The van der Waals surface area contributed by atoms with E-state index < -0.39 is 0 Å². The smallest absolute Gasteiger partial charge is 0.0839 e. The first kappa shape index (κ1) is 15.3. The average molecular weight is 276 g/mol. The molecular weight excluding hydrogens is 248 g/mol. The summed E-state index contributed by atoms with van der Waals surface area (Å²) < 4.78 is 0. The zero-order valence-corrected chi connectivity index (χ0v) is 13.0. The van der Waals surface area contributed by atoms with Crippen molar-refractivity contribution in [2.24, 2.45) is 0 Å². The van der Waals surface area contributed by atoms with E-state index in [9.17, 15) is 5.11 Å². The van der Waals surface area contributed by atoms with Crippen LogP contribution in [0.25, 0.3) is 0 Å². The van der Waals surface area contributed by atoms with Gasteiger partial charge < -0.3 is 15.3 Å². The van der Waals surface area contributed by atoms with Crippen LogP contribution in [0.3, 0.4) is 0 Å². The molecule has 0 spiro atoms. The Bertz CT molecular complexity index is 402. The molecule has 1 heterocycles. The molecule has 0 amide bonds. The fourth-order valence-electron chi connectivity index (χ4n) is 2.65. The highest BCUT2D eigenvalue weighted by molar-refractivity contribution is 5.45. The Morgan fingerprint density at radius 3 is 2.30 bits per heavy atom. The average Bonchev–Trinajstić information content (AvgIpc) is 2.88. The summed E-state index contributed by atoms with van der Waals surface area (Å²) in [6.45, 7) is 10.3. The van der Waals surface area contributed by atoms with Crippen molar-refractivity contribution in [1.82, 2.24) is 4.90 Å². The van der Waals surface area contributed by atoms with Crippen LogP contribution in [0.1, 0.15) is 39.2 Å². The topological polar surface area (TPSA) is 35.5 Å². The van der Waals surface area contributed by atoms with Crippen molar-refractivity contribution in [2.45, 2.75) is 45.1 Å². The van der Waals surface area contributed by atoms with Crippen molar-refractivity contribution < 1.29 is 5.11 Å². The standard InChI is InChI=1S/C17H28N2O/c1-17(2,3)14-6-8-15(9-7-14)18-12-16(20)13-19-10-4-5-11-19/h6-9,16,18,20H,4-5,10-13H2,1-3H3. The zero-order valence-electron chi connectivity index (χ0n) is 13.0. The molecule has 1 aliphatic rings.